The number of carbonyl (C=O) groups excluding carboxylic acids is 3. The fraction of sp³-hybridized carbons (Fsp3) is 0.526. The van der Waals surface area contributed by atoms with E-state index in [2.05, 4.69) is 10.6 Å². The van der Waals surface area contributed by atoms with Crippen molar-refractivity contribution in [3.63, 3.8) is 0 Å². The van der Waals surface area contributed by atoms with Crippen molar-refractivity contribution in [2.24, 2.45) is 0 Å². The molecule has 0 saturated heterocycles. The first-order chi connectivity index (χ1) is 13.8. The van der Waals surface area contributed by atoms with Crippen molar-refractivity contribution >= 4 is 27.9 Å². The first-order valence-electron chi connectivity index (χ1n) is 9.65. The summed E-state index contributed by atoms with van der Waals surface area (Å²) < 4.78 is 31.1. The molecule has 0 atom stereocenters. The number of hydrogen-bond donors (Lipinski definition) is 2. The van der Waals surface area contributed by atoms with Crippen LogP contribution in [-0.2, 0) is 19.6 Å². The summed E-state index contributed by atoms with van der Waals surface area (Å²) in [7, 11) is -3.62. The van der Waals surface area contributed by atoms with Gasteiger partial charge in [0, 0.05) is 19.1 Å². The fourth-order valence-corrected chi connectivity index (χ4v) is 4.60. The molecule has 0 unspecified atom stereocenters. The van der Waals surface area contributed by atoms with Crippen molar-refractivity contribution in [3.8, 4) is 0 Å². The van der Waals surface area contributed by atoms with E-state index in [9.17, 15) is 22.8 Å². The number of sulfonamides is 1. The maximum atomic E-state index is 12.4. The van der Waals surface area contributed by atoms with E-state index in [1.165, 1.54) is 28.6 Å². The molecule has 1 aliphatic carbocycles. The summed E-state index contributed by atoms with van der Waals surface area (Å²) >= 11 is 0. The highest BCUT2D eigenvalue weighted by Crippen LogP contribution is 2.18. The van der Waals surface area contributed by atoms with Crippen LogP contribution in [0.2, 0.25) is 0 Å². The molecule has 0 aromatic heterocycles. The number of benzene rings is 1. The van der Waals surface area contributed by atoms with Crippen LogP contribution in [0.25, 0.3) is 0 Å². The van der Waals surface area contributed by atoms with Gasteiger partial charge < -0.3 is 10.1 Å². The Kier molecular flexibility index (Phi) is 8.15. The summed E-state index contributed by atoms with van der Waals surface area (Å²) in [4.78, 5) is 35.6. The predicted molar refractivity (Wildman–Crippen MR) is 106 cm³/mol. The number of esters is 1. The molecule has 9 nitrogen and oxygen atoms in total. The predicted octanol–water partition coefficient (Wildman–Crippen LogP) is 1.64. The number of carbonyl (C=O) groups is 3. The molecule has 29 heavy (non-hydrogen) atoms. The molecule has 1 saturated carbocycles. The van der Waals surface area contributed by atoms with Gasteiger partial charge in [-0.2, -0.15) is 4.31 Å². The van der Waals surface area contributed by atoms with Crippen molar-refractivity contribution in [3.05, 3.63) is 29.8 Å². The van der Waals surface area contributed by atoms with E-state index in [1.54, 1.807) is 13.8 Å². The molecule has 0 aliphatic heterocycles. The Hall–Kier alpha value is -2.46. The highest BCUT2D eigenvalue weighted by atomic mass is 32.2. The van der Waals surface area contributed by atoms with Gasteiger partial charge in [-0.1, -0.05) is 26.7 Å². The van der Waals surface area contributed by atoms with Gasteiger partial charge in [-0.15, -0.1) is 0 Å². The van der Waals surface area contributed by atoms with Crippen LogP contribution < -0.4 is 10.6 Å². The van der Waals surface area contributed by atoms with Gasteiger partial charge in [0.2, 0.25) is 10.0 Å². The third kappa shape index (κ3) is 6.26. The fourth-order valence-electron chi connectivity index (χ4n) is 3.14. The molecule has 0 spiro atoms. The monoisotopic (exact) mass is 425 g/mol. The van der Waals surface area contributed by atoms with E-state index >= 15 is 0 Å². The third-order valence-corrected chi connectivity index (χ3v) is 6.78. The first-order valence-corrected chi connectivity index (χ1v) is 11.1. The molecule has 3 amide bonds. The Bertz CT molecular complexity index is 828. The number of imide groups is 1. The normalized spacial score (nSPS) is 14.6. The van der Waals surface area contributed by atoms with E-state index in [0.717, 1.165) is 25.7 Å². The van der Waals surface area contributed by atoms with Crippen molar-refractivity contribution in [1.82, 2.24) is 14.9 Å². The highest BCUT2D eigenvalue weighted by molar-refractivity contribution is 7.89. The van der Waals surface area contributed by atoms with Gasteiger partial charge in [-0.3, -0.25) is 10.1 Å². The molecule has 1 fully saturated rings. The van der Waals surface area contributed by atoms with Gasteiger partial charge in [0.1, 0.15) is 0 Å². The largest absolute Gasteiger partial charge is 0.452 e. The van der Waals surface area contributed by atoms with Gasteiger partial charge in [0.05, 0.1) is 10.5 Å². The minimum absolute atomic E-state index is 0.0662. The second kappa shape index (κ2) is 10.4. The summed E-state index contributed by atoms with van der Waals surface area (Å²) in [6, 6.07) is 4.74. The number of urea groups is 1. The van der Waals surface area contributed by atoms with Crippen LogP contribution in [-0.4, -0.2) is 56.4 Å². The zero-order valence-electron chi connectivity index (χ0n) is 16.6. The molecule has 1 aromatic rings. The lowest BCUT2D eigenvalue weighted by Gasteiger charge is -2.18. The standard InChI is InChI=1S/C19H27N3O6S/c1-3-22(4-2)29(26,27)16-11-9-14(10-12-16)18(24)28-13-17(23)21-19(25)20-15-7-5-6-8-15/h9-12,15H,3-8,13H2,1-2H3,(H2,20,21,23,25). The lowest BCUT2D eigenvalue weighted by Crippen LogP contribution is -2.44. The molecule has 160 valence electrons. The SMILES string of the molecule is CCN(CC)S(=O)(=O)c1ccc(C(=O)OCC(=O)NC(=O)NC2CCCC2)cc1. The lowest BCUT2D eigenvalue weighted by molar-refractivity contribution is -0.123. The van der Waals surface area contributed by atoms with E-state index in [1.807, 2.05) is 0 Å². The zero-order chi connectivity index (χ0) is 21.4. The van der Waals surface area contributed by atoms with E-state index in [4.69, 9.17) is 4.74 Å². The van der Waals surface area contributed by atoms with Crippen molar-refractivity contribution in [2.45, 2.75) is 50.5 Å². The maximum Gasteiger partial charge on any atom is 0.338 e. The molecule has 2 rings (SSSR count). The minimum Gasteiger partial charge on any atom is -0.452 e. The Balaban J connectivity index is 1.85. The molecule has 0 bridgehead atoms. The topological polar surface area (TPSA) is 122 Å². The second-order valence-electron chi connectivity index (χ2n) is 6.69. The Morgan fingerprint density at radius 3 is 2.21 bits per heavy atom. The van der Waals surface area contributed by atoms with Crippen LogP contribution in [0.5, 0.6) is 0 Å². The zero-order valence-corrected chi connectivity index (χ0v) is 17.5. The van der Waals surface area contributed by atoms with Crippen LogP contribution in [0, 0.1) is 0 Å². The number of hydrogen-bond acceptors (Lipinski definition) is 6. The maximum absolute atomic E-state index is 12.4. The summed E-state index contributed by atoms with van der Waals surface area (Å²) in [5.41, 5.74) is 0.103. The number of nitrogens with zero attached hydrogens (tertiary/aromatic N) is 1. The van der Waals surface area contributed by atoms with E-state index in [0.29, 0.717) is 13.1 Å². The second-order valence-corrected chi connectivity index (χ2v) is 8.63. The van der Waals surface area contributed by atoms with Crippen LogP contribution in [0.3, 0.4) is 0 Å². The highest BCUT2D eigenvalue weighted by Gasteiger charge is 2.22. The smallest absolute Gasteiger partial charge is 0.338 e. The van der Waals surface area contributed by atoms with Crippen molar-refractivity contribution < 1.29 is 27.5 Å². The van der Waals surface area contributed by atoms with Gasteiger partial charge in [-0.25, -0.2) is 18.0 Å². The minimum atomic E-state index is -3.62. The molecule has 10 heteroatoms. The third-order valence-electron chi connectivity index (χ3n) is 4.71. The molecular formula is C19H27N3O6S. The molecule has 1 aliphatic rings. The Morgan fingerprint density at radius 1 is 1.07 bits per heavy atom. The number of ether oxygens (including phenoxy) is 1. The average Bonchev–Trinajstić information content (AvgIpc) is 3.19. The Labute approximate surface area is 170 Å². The van der Waals surface area contributed by atoms with E-state index in [-0.39, 0.29) is 16.5 Å². The van der Waals surface area contributed by atoms with Crippen LogP contribution in [0.15, 0.2) is 29.2 Å². The number of nitrogens with one attached hydrogen (secondary N) is 2. The Morgan fingerprint density at radius 2 is 1.66 bits per heavy atom. The van der Waals surface area contributed by atoms with Gasteiger partial charge in [-0.05, 0) is 37.1 Å². The first kappa shape index (κ1) is 22.8. The van der Waals surface area contributed by atoms with Crippen LogP contribution in [0.1, 0.15) is 49.9 Å². The number of amides is 3. The van der Waals surface area contributed by atoms with Crippen molar-refractivity contribution in [1.29, 1.82) is 0 Å². The molecular weight excluding hydrogens is 398 g/mol. The number of rotatable bonds is 8. The molecule has 2 N–H and O–H groups in total. The summed E-state index contributed by atoms with van der Waals surface area (Å²) in [5.74, 6) is -1.53. The van der Waals surface area contributed by atoms with Crippen LogP contribution in [0.4, 0.5) is 4.79 Å². The molecule has 0 heterocycles. The van der Waals surface area contributed by atoms with Gasteiger partial charge >= 0.3 is 12.0 Å². The summed E-state index contributed by atoms with van der Waals surface area (Å²) in [6.45, 7) is 3.55. The van der Waals surface area contributed by atoms with Crippen molar-refractivity contribution in [2.75, 3.05) is 19.7 Å². The van der Waals surface area contributed by atoms with Crippen LogP contribution >= 0.6 is 0 Å². The summed E-state index contributed by atoms with van der Waals surface area (Å²) in [6.07, 6.45) is 3.87. The quantitative estimate of drug-likeness (QED) is 0.611. The van der Waals surface area contributed by atoms with Gasteiger partial charge in [0.25, 0.3) is 5.91 Å². The lowest BCUT2D eigenvalue weighted by atomic mass is 10.2. The van der Waals surface area contributed by atoms with Gasteiger partial charge in [0.15, 0.2) is 6.61 Å². The van der Waals surface area contributed by atoms with E-state index < -0.39 is 34.5 Å². The average molecular weight is 426 g/mol. The molecule has 1 aromatic carbocycles. The summed E-state index contributed by atoms with van der Waals surface area (Å²) in [5, 5.41) is 4.81. The molecule has 0 radical (unpaired) electrons.